The average molecular weight is 514 g/mol. The fourth-order valence-corrected chi connectivity index (χ4v) is 4.90. The van der Waals surface area contributed by atoms with Crippen molar-refractivity contribution in [1.82, 2.24) is 9.38 Å². The van der Waals surface area contributed by atoms with Crippen LogP contribution in [-0.4, -0.2) is 27.5 Å². The van der Waals surface area contributed by atoms with Crippen molar-refractivity contribution in [3.8, 4) is 22.8 Å². The Morgan fingerprint density at radius 3 is 2.42 bits per heavy atom. The molecule has 0 aliphatic carbocycles. The minimum Gasteiger partial charge on any atom is -0.494 e. The second-order valence-corrected chi connectivity index (χ2v) is 11.6. The van der Waals surface area contributed by atoms with Crippen LogP contribution in [0.3, 0.4) is 0 Å². The number of fused-ring (bicyclic) bond motifs is 1. The number of imidazole rings is 1. The summed E-state index contributed by atoms with van der Waals surface area (Å²) >= 11 is 0. The molecule has 6 nitrogen and oxygen atoms in total. The van der Waals surface area contributed by atoms with Crippen LogP contribution in [0.4, 0.5) is 5.82 Å². The summed E-state index contributed by atoms with van der Waals surface area (Å²) in [5.41, 5.74) is 2.98. The van der Waals surface area contributed by atoms with E-state index in [1.54, 1.807) is 30.3 Å². The lowest BCUT2D eigenvalue weighted by atomic mass is 9.82. The first-order valence-electron chi connectivity index (χ1n) is 13.4. The molecule has 0 bridgehead atoms. The Bertz CT molecular complexity index is 1380. The summed E-state index contributed by atoms with van der Waals surface area (Å²) in [6, 6.07) is 20.6. The van der Waals surface area contributed by atoms with Crippen molar-refractivity contribution in [2.75, 3.05) is 11.9 Å². The molecule has 6 heteroatoms. The quantitative estimate of drug-likeness (QED) is 0.132. The third-order valence-corrected chi connectivity index (χ3v) is 6.13. The summed E-state index contributed by atoms with van der Waals surface area (Å²) in [5.74, 6) is 1.71. The Kier molecular flexibility index (Phi) is 8.10. The lowest BCUT2D eigenvalue weighted by Gasteiger charge is -2.34. The molecule has 2 heterocycles. The monoisotopic (exact) mass is 513 g/mol. The molecule has 4 rings (SSSR count). The maximum absolute atomic E-state index is 12.9. The molecule has 200 valence electrons. The molecular formula is C32H39N3O3. The van der Waals surface area contributed by atoms with Crippen molar-refractivity contribution >= 4 is 17.4 Å². The summed E-state index contributed by atoms with van der Waals surface area (Å²) < 4.78 is 13.5. The zero-order valence-electron chi connectivity index (χ0n) is 23.4. The van der Waals surface area contributed by atoms with Crippen LogP contribution in [0.2, 0.25) is 0 Å². The van der Waals surface area contributed by atoms with Crippen molar-refractivity contribution in [3.05, 3.63) is 78.5 Å². The van der Waals surface area contributed by atoms with Gasteiger partial charge in [0.25, 0.3) is 0 Å². The van der Waals surface area contributed by atoms with Gasteiger partial charge in [0.2, 0.25) is 0 Å². The summed E-state index contributed by atoms with van der Waals surface area (Å²) in [6.07, 6.45) is 5.06. The Morgan fingerprint density at radius 2 is 1.71 bits per heavy atom. The average Bonchev–Trinajstić information content (AvgIpc) is 3.21. The van der Waals surface area contributed by atoms with E-state index in [1.807, 2.05) is 42.6 Å². The summed E-state index contributed by atoms with van der Waals surface area (Å²) in [6.45, 7) is 14.0. The van der Waals surface area contributed by atoms with Crippen LogP contribution >= 0.6 is 0 Å². The maximum Gasteiger partial charge on any atom is 0.343 e. The SMILES string of the molecule is CCCCOc1ccc(C(=O)Oc2cccc(-c3nc4ccccn4c3NC(C)(C)CC(C)(C)C)c2)cc1. The summed E-state index contributed by atoms with van der Waals surface area (Å²) in [7, 11) is 0. The largest absolute Gasteiger partial charge is 0.494 e. The van der Waals surface area contributed by atoms with Gasteiger partial charge in [-0.3, -0.25) is 4.40 Å². The van der Waals surface area contributed by atoms with E-state index < -0.39 is 5.97 Å². The van der Waals surface area contributed by atoms with Crippen LogP contribution in [0.25, 0.3) is 16.9 Å². The molecule has 0 aliphatic heterocycles. The van der Waals surface area contributed by atoms with Gasteiger partial charge < -0.3 is 14.8 Å². The standard InChI is InChI=1S/C32H39N3O3/c1-7-8-20-37-25-17-15-23(16-18-25)30(36)38-26-13-11-12-24(21-26)28-29(34-32(5,6)22-31(2,3)4)35-19-10-9-14-27(35)33-28/h9-19,21,34H,7-8,20,22H2,1-6H3. The number of anilines is 1. The van der Waals surface area contributed by atoms with E-state index in [0.29, 0.717) is 17.9 Å². The molecule has 0 saturated carbocycles. The van der Waals surface area contributed by atoms with E-state index in [0.717, 1.165) is 47.7 Å². The van der Waals surface area contributed by atoms with Gasteiger partial charge in [-0.1, -0.05) is 52.3 Å². The van der Waals surface area contributed by atoms with E-state index in [4.69, 9.17) is 14.5 Å². The van der Waals surface area contributed by atoms with Gasteiger partial charge in [0.1, 0.15) is 28.7 Å². The number of rotatable bonds is 10. The smallest absolute Gasteiger partial charge is 0.343 e. The lowest BCUT2D eigenvalue weighted by Crippen LogP contribution is -2.36. The number of aromatic nitrogens is 2. The van der Waals surface area contributed by atoms with Gasteiger partial charge in [0.15, 0.2) is 0 Å². The van der Waals surface area contributed by atoms with E-state index in [1.165, 1.54) is 0 Å². The molecule has 1 N–H and O–H groups in total. The first-order valence-corrected chi connectivity index (χ1v) is 13.4. The maximum atomic E-state index is 12.9. The summed E-state index contributed by atoms with van der Waals surface area (Å²) in [5, 5.41) is 3.76. The van der Waals surface area contributed by atoms with E-state index in [2.05, 4.69) is 51.3 Å². The van der Waals surface area contributed by atoms with Crippen LogP contribution in [0.1, 0.15) is 71.2 Å². The molecule has 0 unspecified atom stereocenters. The number of unbranched alkanes of at least 4 members (excludes halogenated alkanes) is 1. The normalized spacial score (nSPS) is 11.9. The summed E-state index contributed by atoms with van der Waals surface area (Å²) in [4.78, 5) is 17.8. The van der Waals surface area contributed by atoms with Gasteiger partial charge in [-0.15, -0.1) is 0 Å². The van der Waals surface area contributed by atoms with Gasteiger partial charge >= 0.3 is 5.97 Å². The van der Waals surface area contributed by atoms with Crippen molar-refractivity contribution in [2.24, 2.45) is 5.41 Å². The lowest BCUT2D eigenvalue weighted by molar-refractivity contribution is 0.0735. The van der Waals surface area contributed by atoms with Crippen LogP contribution in [0.5, 0.6) is 11.5 Å². The first-order chi connectivity index (χ1) is 18.0. The number of nitrogens with one attached hydrogen (secondary N) is 1. The number of ether oxygens (including phenoxy) is 2. The molecule has 0 saturated heterocycles. The number of carbonyl (C=O) groups excluding carboxylic acids is 1. The highest BCUT2D eigenvalue weighted by Gasteiger charge is 2.28. The minimum atomic E-state index is -0.415. The van der Waals surface area contributed by atoms with Gasteiger partial charge in [0, 0.05) is 17.3 Å². The van der Waals surface area contributed by atoms with Gasteiger partial charge in [0.05, 0.1) is 12.2 Å². The Balaban J connectivity index is 1.58. The van der Waals surface area contributed by atoms with Crippen molar-refractivity contribution < 1.29 is 14.3 Å². The number of hydrogen-bond donors (Lipinski definition) is 1. The number of benzene rings is 2. The Morgan fingerprint density at radius 1 is 0.947 bits per heavy atom. The zero-order chi connectivity index (χ0) is 27.3. The highest BCUT2D eigenvalue weighted by molar-refractivity contribution is 5.91. The number of carbonyl (C=O) groups is 1. The third kappa shape index (κ3) is 6.94. The molecule has 0 spiro atoms. The molecule has 0 radical (unpaired) electrons. The number of pyridine rings is 1. The van der Waals surface area contributed by atoms with Gasteiger partial charge in [-0.25, -0.2) is 9.78 Å². The number of nitrogens with zero attached hydrogens (tertiary/aromatic N) is 2. The molecule has 0 fully saturated rings. The molecule has 38 heavy (non-hydrogen) atoms. The molecular weight excluding hydrogens is 474 g/mol. The predicted octanol–water partition coefficient (Wildman–Crippen LogP) is 8.03. The topological polar surface area (TPSA) is 64.9 Å². The number of hydrogen-bond acceptors (Lipinski definition) is 5. The Labute approximate surface area is 226 Å². The second kappa shape index (κ2) is 11.3. The zero-order valence-corrected chi connectivity index (χ0v) is 23.4. The van der Waals surface area contributed by atoms with Crippen LogP contribution < -0.4 is 14.8 Å². The fraction of sp³-hybridized carbons (Fsp3) is 0.375. The van der Waals surface area contributed by atoms with Crippen LogP contribution in [0, 0.1) is 5.41 Å². The van der Waals surface area contributed by atoms with E-state index >= 15 is 0 Å². The molecule has 0 aliphatic rings. The van der Waals surface area contributed by atoms with Crippen molar-refractivity contribution in [2.45, 2.75) is 66.3 Å². The highest BCUT2D eigenvalue weighted by Crippen LogP contribution is 2.35. The molecule has 0 atom stereocenters. The van der Waals surface area contributed by atoms with Crippen molar-refractivity contribution in [1.29, 1.82) is 0 Å². The van der Waals surface area contributed by atoms with E-state index in [9.17, 15) is 4.79 Å². The van der Waals surface area contributed by atoms with Crippen LogP contribution in [-0.2, 0) is 0 Å². The van der Waals surface area contributed by atoms with Crippen LogP contribution in [0.15, 0.2) is 72.9 Å². The third-order valence-electron chi connectivity index (χ3n) is 6.13. The molecule has 2 aromatic carbocycles. The number of esters is 1. The predicted molar refractivity (Wildman–Crippen MR) is 154 cm³/mol. The Hall–Kier alpha value is -3.80. The molecule has 0 amide bonds. The van der Waals surface area contributed by atoms with E-state index in [-0.39, 0.29) is 11.0 Å². The first kappa shape index (κ1) is 27.2. The van der Waals surface area contributed by atoms with Gasteiger partial charge in [-0.05, 0) is 80.6 Å². The second-order valence-electron chi connectivity index (χ2n) is 11.6. The fourth-order valence-electron chi connectivity index (χ4n) is 4.90. The van der Waals surface area contributed by atoms with Gasteiger partial charge in [-0.2, -0.15) is 0 Å². The molecule has 2 aromatic heterocycles. The van der Waals surface area contributed by atoms with Crippen molar-refractivity contribution in [3.63, 3.8) is 0 Å². The molecule has 4 aromatic rings. The minimum absolute atomic E-state index is 0.158. The highest BCUT2D eigenvalue weighted by atomic mass is 16.5.